The Morgan fingerprint density at radius 3 is 3.00 bits per heavy atom. The molecule has 1 aliphatic rings. The first-order chi connectivity index (χ1) is 10.3. The number of hydrogen-bond donors (Lipinski definition) is 2. The number of fused-ring (bicyclic) bond motifs is 1. The average Bonchev–Trinajstić information content (AvgIpc) is 2.55. The number of aryl methyl sites for hydroxylation is 1. The number of hydrogen-bond acceptors (Lipinski definition) is 3. The summed E-state index contributed by atoms with van der Waals surface area (Å²) < 4.78 is 0. The van der Waals surface area contributed by atoms with Crippen LogP contribution in [-0.4, -0.2) is 11.5 Å². The molecule has 2 heterocycles. The van der Waals surface area contributed by atoms with E-state index in [0.29, 0.717) is 5.92 Å². The summed E-state index contributed by atoms with van der Waals surface area (Å²) in [4.78, 5) is 4.38. The molecule has 0 radical (unpaired) electrons. The minimum Gasteiger partial charge on any atom is -0.383 e. The summed E-state index contributed by atoms with van der Waals surface area (Å²) in [7, 11) is 0. The Morgan fingerprint density at radius 1 is 1.33 bits per heavy atom. The van der Waals surface area contributed by atoms with Gasteiger partial charge in [-0.05, 0) is 54.5 Å². The number of nitrogens with one attached hydrogen (secondary N) is 2. The highest BCUT2D eigenvalue weighted by atomic mass is 15.0. The highest BCUT2D eigenvalue weighted by Crippen LogP contribution is 2.36. The van der Waals surface area contributed by atoms with Gasteiger partial charge in [0.05, 0.1) is 11.4 Å². The van der Waals surface area contributed by atoms with Crippen molar-refractivity contribution in [3.63, 3.8) is 0 Å². The van der Waals surface area contributed by atoms with Crippen LogP contribution in [-0.2, 0) is 6.42 Å². The molecule has 110 valence electrons. The van der Waals surface area contributed by atoms with E-state index < -0.39 is 0 Å². The maximum Gasteiger partial charge on any atom is 0.130 e. The molecule has 1 unspecified atom stereocenters. The number of benzene rings is 1. The van der Waals surface area contributed by atoms with Gasteiger partial charge >= 0.3 is 0 Å². The van der Waals surface area contributed by atoms with Gasteiger partial charge in [0, 0.05) is 12.7 Å². The Labute approximate surface area is 126 Å². The number of aromatic nitrogens is 1. The molecule has 1 aromatic heterocycles. The fraction of sp³-hybridized carbons (Fsp3) is 0.389. The highest BCUT2D eigenvalue weighted by Gasteiger charge is 2.16. The van der Waals surface area contributed by atoms with Gasteiger partial charge in [-0.15, -0.1) is 0 Å². The van der Waals surface area contributed by atoms with E-state index >= 15 is 0 Å². The predicted octanol–water partition coefficient (Wildman–Crippen LogP) is 4.70. The van der Waals surface area contributed by atoms with Crippen LogP contribution in [0.2, 0.25) is 0 Å². The van der Waals surface area contributed by atoms with Gasteiger partial charge in [-0.1, -0.05) is 26.0 Å². The molecule has 0 fully saturated rings. The van der Waals surface area contributed by atoms with Gasteiger partial charge in [0.25, 0.3) is 0 Å². The molecule has 21 heavy (non-hydrogen) atoms. The second-order valence-electron chi connectivity index (χ2n) is 5.78. The summed E-state index contributed by atoms with van der Waals surface area (Å²) >= 11 is 0. The summed E-state index contributed by atoms with van der Waals surface area (Å²) in [6.07, 6.45) is 5.35. The SMILES string of the molecule is CCC(C)c1cc2c(c(Nc3ccccn3)c1)NCCC2. The van der Waals surface area contributed by atoms with Crippen molar-refractivity contribution in [2.24, 2.45) is 0 Å². The van der Waals surface area contributed by atoms with E-state index in [-0.39, 0.29) is 0 Å². The molecule has 0 bridgehead atoms. The third kappa shape index (κ3) is 3.02. The molecule has 3 rings (SSSR count). The van der Waals surface area contributed by atoms with Crippen LogP contribution >= 0.6 is 0 Å². The Balaban J connectivity index is 2.00. The lowest BCUT2D eigenvalue weighted by Gasteiger charge is -2.24. The molecule has 0 aliphatic carbocycles. The summed E-state index contributed by atoms with van der Waals surface area (Å²) in [6, 6.07) is 10.6. The molecule has 0 saturated heterocycles. The van der Waals surface area contributed by atoms with Gasteiger partial charge < -0.3 is 10.6 Å². The number of anilines is 3. The molecule has 2 N–H and O–H groups in total. The molecule has 2 aromatic rings. The van der Waals surface area contributed by atoms with Gasteiger partial charge in [-0.25, -0.2) is 4.98 Å². The summed E-state index contributed by atoms with van der Waals surface area (Å²) in [5, 5.41) is 7.02. The lowest BCUT2D eigenvalue weighted by atomic mass is 9.92. The number of nitrogens with zero attached hydrogens (tertiary/aromatic N) is 1. The van der Waals surface area contributed by atoms with Crippen LogP contribution in [0.4, 0.5) is 17.2 Å². The van der Waals surface area contributed by atoms with Crippen LogP contribution in [0.1, 0.15) is 43.7 Å². The molecule has 1 aliphatic heterocycles. The summed E-state index contributed by atoms with van der Waals surface area (Å²) in [5.74, 6) is 1.48. The highest BCUT2D eigenvalue weighted by molar-refractivity contribution is 5.78. The first kappa shape index (κ1) is 13.9. The van der Waals surface area contributed by atoms with Crippen molar-refractivity contribution < 1.29 is 0 Å². The molecule has 0 saturated carbocycles. The van der Waals surface area contributed by atoms with Crippen LogP contribution in [0.5, 0.6) is 0 Å². The second kappa shape index (κ2) is 6.17. The maximum absolute atomic E-state index is 4.38. The zero-order valence-electron chi connectivity index (χ0n) is 12.8. The molecular formula is C18H23N3. The van der Waals surface area contributed by atoms with E-state index in [9.17, 15) is 0 Å². The zero-order chi connectivity index (χ0) is 14.7. The smallest absolute Gasteiger partial charge is 0.130 e. The van der Waals surface area contributed by atoms with Gasteiger partial charge in [-0.2, -0.15) is 0 Å². The van der Waals surface area contributed by atoms with Gasteiger partial charge in [0.15, 0.2) is 0 Å². The minimum atomic E-state index is 0.585. The molecule has 1 atom stereocenters. The normalized spacial score (nSPS) is 15.0. The van der Waals surface area contributed by atoms with Crippen LogP contribution in [0.3, 0.4) is 0 Å². The van der Waals surface area contributed by atoms with Crippen molar-refractivity contribution in [2.45, 2.75) is 39.0 Å². The van der Waals surface area contributed by atoms with Crippen LogP contribution < -0.4 is 10.6 Å². The Kier molecular flexibility index (Phi) is 4.09. The lowest BCUT2D eigenvalue weighted by molar-refractivity contribution is 0.729. The van der Waals surface area contributed by atoms with E-state index in [2.05, 4.69) is 41.6 Å². The molecule has 0 amide bonds. The zero-order valence-corrected chi connectivity index (χ0v) is 12.8. The van der Waals surface area contributed by atoms with Crippen LogP contribution in [0, 0.1) is 0 Å². The van der Waals surface area contributed by atoms with E-state index in [1.54, 1.807) is 0 Å². The minimum absolute atomic E-state index is 0.585. The van der Waals surface area contributed by atoms with Crippen molar-refractivity contribution in [1.29, 1.82) is 0 Å². The van der Waals surface area contributed by atoms with Crippen molar-refractivity contribution in [1.82, 2.24) is 4.98 Å². The van der Waals surface area contributed by atoms with Gasteiger partial charge in [0.2, 0.25) is 0 Å². The van der Waals surface area contributed by atoms with Gasteiger partial charge in [-0.3, -0.25) is 0 Å². The van der Waals surface area contributed by atoms with Crippen molar-refractivity contribution in [2.75, 3.05) is 17.2 Å². The summed E-state index contributed by atoms with van der Waals surface area (Å²) in [5.41, 5.74) is 5.25. The Hall–Kier alpha value is -2.03. The first-order valence-electron chi connectivity index (χ1n) is 7.86. The monoisotopic (exact) mass is 281 g/mol. The van der Waals surface area contributed by atoms with E-state index in [0.717, 1.165) is 30.9 Å². The maximum atomic E-state index is 4.38. The summed E-state index contributed by atoms with van der Waals surface area (Å²) in [6.45, 7) is 5.59. The number of pyridine rings is 1. The van der Waals surface area contributed by atoms with Crippen LogP contribution in [0.15, 0.2) is 36.5 Å². The third-order valence-corrected chi connectivity index (χ3v) is 4.28. The van der Waals surface area contributed by atoms with E-state index in [4.69, 9.17) is 0 Å². The Morgan fingerprint density at radius 2 is 2.24 bits per heavy atom. The average molecular weight is 281 g/mol. The first-order valence-corrected chi connectivity index (χ1v) is 7.86. The second-order valence-corrected chi connectivity index (χ2v) is 5.78. The van der Waals surface area contributed by atoms with Crippen molar-refractivity contribution in [3.8, 4) is 0 Å². The quantitative estimate of drug-likeness (QED) is 0.853. The largest absolute Gasteiger partial charge is 0.383 e. The Bertz CT molecular complexity index is 607. The number of rotatable bonds is 4. The van der Waals surface area contributed by atoms with Crippen LogP contribution in [0.25, 0.3) is 0 Å². The predicted molar refractivity (Wildman–Crippen MR) is 89.5 cm³/mol. The van der Waals surface area contributed by atoms with E-state index in [1.807, 2.05) is 24.4 Å². The molecule has 0 spiro atoms. The molecular weight excluding hydrogens is 258 g/mol. The fourth-order valence-electron chi connectivity index (χ4n) is 2.82. The fourth-order valence-corrected chi connectivity index (χ4v) is 2.82. The third-order valence-electron chi connectivity index (χ3n) is 4.28. The van der Waals surface area contributed by atoms with Crippen molar-refractivity contribution >= 4 is 17.2 Å². The topological polar surface area (TPSA) is 37.0 Å². The van der Waals surface area contributed by atoms with Crippen molar-refractivity contribution in [3.05, 3.63) is 47.7 Å². The standard InChI is InChI=1S/C18H23N3/c1-3-13(2)15-11-14-7-6-10-20-18(14)16(12-15)21-17-8-4-5-9-19-17/h4-5,8-9,11-13,20H,3,6-7,10H2,1-2H3,(H,19,21). The van der Waals surface area contributed by atoms with E-state index in [1.165, 1.54) is 23.2 Å². The molecule has 1 aromatic carbocycles. The van der Waals surface area contributed by atoms with Gasteiger partial charge in [0.1, 0.15) is 5.82 Å². The molecule has 3 nitrogen and oxygen atoms in total. The molecule has 3 heteroatoms. The lowest BCUT2D eigenvalue weighted by Crippen LogP contribution is -2.14.